The Morgan fingerprint density at radius 2 is 2.00 bits per heavy atom. The summed E-state index contributed by atoms with van der Waals surface area (Å²) in [7, 11) is 1.95. The molecule has 0 aromatic rings. The lowest BCUT2D eigenvalue weighted by molar-refractivity contribution is -0.217. The summed E-state index contributed by atoms with van der Waals surface area (Å²) in [6.07, 6.45) is 6.70. The highest BCUT2D eigenvalue weighted by molar-refractivity contribution is 5.01. The summed E-state index contributed by atoms with van der Waals surface area (Å²) >= 11 is 0. The summed E-state index contributed by atoms with van der Waals surface area (Å²) in [5, 5.41) is 1.89. The second kappa shape index (κ2) is 4.72. The highest BCUT2D eigenvalue weighted by Gasteiger charge is 2.54. The van der Waals surface area contributed by atoms with Gasteiger partial charge in [-0.1, -0.05) is 6.42 Å². The van der Waals surface area contributed by atoms with E-state index in [-0.39, 0.29) is 17.4 Å². The van der Waals surface area contributed by atoms with Gasteiger partial charge in [0, 0.05) is 26.4 Å². The van der Waals surface area contributed by atoms with Gasteiger partial charge in [0.15, 0.2) is 5.79 Å². The van der Waals surface area contributed by atoms with Crippen molar-refractivity contribution < 1.29 is 14.3 Å². The van der Waals surface area contributed by atoms with E-state index in [0.29, 0.717) is 13.2 Å². The van der Waals surface area contributed by atoms with Crippen molar-refractivity contribution in [3.8, 4) is 0 Å². The summed E-state index contributed by atoms with van der Waals surface area (Å²) < 4.78 is 12.3. The van der Waals surface area contributed by atoms with Gasteiger partial charge in [-0.05, 0) is 19.3 Å². The van der Waals surface area contributed by atoms with Crippen LogP contribution in [0, 0.1) is 0 Å². The fourth-order valence-electron chi connectivity index (χ4n) is 3.54. The molecule has 0 bridgehead atoms. The van der Waals surface area contributed by atoms with Gasteiger partial charge in [-0.25, -0.2) is 0 Å². The molecule has 0 aromatic carbocycles. The molecule has 0 radical (unpaired) electrons. The van der Waals surface area contributed by atoms with E-state index in [9.17, 15) is 0 Å². The Balaban J connectivity index is 1.74. The Labute approximate surface area is 108 Å². The number of hydroxylamine groups is 2. The number of ether oxygens (including phenoxy) is 2. The van der Waals surface area contributed by atoms with Crippen LogP contribution in [0.2, 0.25) is 0 Å². The molecule has 1 aliphatic carbocycles. The average molecular weight is 256 g/mol. The molecule has 0 amide bonds. The molecule has 2 atom stereocenters. The first-order valence-electron chi connectivity index (χ1n) is 7.09. The molecule has 3 rings (SSSR count). The zero-order valence-corrected chi connectivity index (χ0v) is 11.2. The lowest BCUT2D eigenvalue weighted by atomic mass is 9.89. The van der Waals surface area contributed by atoms with Crippen LogP contribution in [0.25, 0.3) is 0 Å². The lowest BCUT2D eigenvalue weighted by Crippen LogP contribution is -2.57. The standard InChI is InChI=1S/C13H24N2O3/c1-15-12(10-14,7-8-17-15)11-9-16-13(18-11)5-3-2-4-6-13/h11H,2-10,14H2,1H3/t11-,12-/m1/s1. The first kappa shape index (κ1) is 12.8. The lowest BCUT2D eigenvalue weighted by Gasteiger charge is -2.39. The molecule has 1 saturated carbocycles. The van der Waals surface area contributed by atoms with E-state index in [4.69, 9.17) is 20.0 Å². The molecular formula is C13H24N2O3. The average Bonchev–Trinajstić information content (AvgIpc) is 2.96. The van der Waals surface area contributed by atoms with Crippen LogP contribution in [-0.4, -0.2) is 49.3 Å². The molecule has 2 heterocycles. The smallest absolute Gasteiger partial charge is 0.169 e. The van der Waals surface area contributed by atoms with Crippen molar-refractivity contribution >= 4 is 0 Å². The number of likely N-dealkylation sites (N-methyl/N-ethyl adjacent to an activating group) is 1. The van der Waals surface area contributed by atoms with E-state index < -0.39 is 0 Å². The van der Waals surface area contributed by atoms with Gasteiger partial charge in [-0.2, -0.15) is 5.06 Å². The van der Waals surface area contributed by atoms with Crippen LogP contribution in [0.5, 0.6) is 0 Å². The predicted octanol–water partition coefficient (Wildman–Crippen LogP) is 1.03. The Bertz CT molecular complexity index is 307. The minimum absolute atomic E-state index is 0.0353. The van der Waals surface area contributed by atoms with Gasteiger partial charge in [-0.15, -0.1) is 0 Å². The van der Waals surface area contributed by atoms with Gasteiger partial charge in [0.05, 0.1) is 18.8 Å². The molecule has 0 aromatic heterocycles. The van der Waals surface area contributed by atoms with Crippen LogP contribution in [0.15, 0.2) is 0 Å². The van der Waals surface area contributed by atoms with Gasteiger partial charge < -0.3 is 15.2 Å². The molecule has 0 unspecified atom stereocenters. The van der Waals surface area contributed by atoms with Gasteiger partial charge >= 0.3 is 0 Å². The maximum Gasteiger partial charge on any atom is 0.169 e. The highest BCUT2D eigenvalue weighted by atomic mass is 16.8. The third kappa shape index (κ3) is 1.89. The number of rotatable bonds is 2. The van der Waals surface area contributed by atoms with Crippen molar-refractivity contribution in [3.63, 3.8) is 0 Å². The second-order valence-corrected chi connectivity index (χ2v) is 5.78. The Hall–Kier alpha value is -0.200. The number of nitrogens with zero attached hydrogens (tertiary/aromatic N) is 1. The third-order valence-electron chi connectivity index (χ3n) is 4.87. The van der Waals surface area contributed by atoms with Crippen LogP contribution in [0.3, 0.4) is 0 Å². The van der Waals surface area contributed by atoms with Gasteiger partial charge in [0.1, 0.15) is 6.10 Å². The Kier molecular flexibility index (Phi) is 3.36. The fraction of sp³-hybridized carbons (Fsp3) is 1.00. The van der Waals surface area contributed by atoms with Crippen LogP contribution in [0.4, 0.5) is 0 Å². The van der Waals surface area contributed by atoms with E-state index in [2.05, 4.69) is 0 Å². The van der Waals surface area contributed by atoms with Crippen molar-refractivity contribution in [2.24, 2.45) is 5.73 Å². The maximum absolute atomic E-state index is 6.31. The van der Waals surface area contributed by atoms with E-state index in [1.807, 2.05) is 12.1 Å². The molecule has 18 heavy (non-hydrogen) atoms. The Morgan fingerprint density at radius 3 is 2.61 bits per heavy atom. The quantitative estimate of drug-likeness (QED) is 0.799. The molecule has 5 nitrogen and oxygen atoms in total. The van der Waals surface area contributed by atoms with Gasteiger partial charge in [-0.3, -0.25) is 4.84 Å². The highest BCUT2D eigenvalue weighted by Crippen LogP contribution is 2.43. The fourth-order valence-corrected chi connectivity index (χ4v) is 3.54. The number of hydrogen-bond acceptors (Lipinski definition) is 5. The van der Waals surface area contributed by atoms with Crippen molar-refractivity contribution in [3.05, 3.63) is 0 Å². The molecule has 3 fully saturated rings. The predicted molar refractivity (Wildman–Crippen MR) is 66.8 cm³/mol. The third-order valence-corrected chi connectivity index (χ3v) is 4.87. The summed E-state index contributed by atoms with van der Waals surface area (Å²) in [4.78, 5) is 5.57. The first-order chi connectivity index (χ1) is 8.71. The normalized spacial score (nSPS) is 40.7. The monoisotopic (exact) mass is 256 g/mol. The molecule has 2 aliphatic heterocycles. The number of hydrogen-bond donors (Lipinski definition) is 1. The molecule has 2 saturated heterocycles. The zero-order chi connectivity index (χ0) is 12.6. The molecule has 1 spiro atoms. The van der Waals surface area contributed by atoms with Gasteiger partial charge in [0.2, 0.25) is 0 Å². The van der Waals surface area contributed by atoms with Crippen molar-refractivity contribution in [2.75, 3.05) is 26.8 Å². The van der Waals surface area contributed by atoms with E-state index >= 15 is 0 Å². The van der Waals surface area contributed by atoms with Crippen LogP contribution in [-0.2, 0) is 14.3 Å². The first-order valence-corrected chi connectivity index (χ1v) is 7.09. The van der Waals surface area contributed by atoms with E-state index in [1.165, 1.54) is 19.3 Å². The molecular weight excluding hydrogens is 232 g/mol. The maximum atomic E-state index is 6.31. The zero-order valence-electron chi connectivity index (χ0n) is 11.2. The van der Waals surface area contributed by atoms with Gasteiger partial charge in [0.25, 0.3) is 0 Å². The minimum atomic E-state index is -0.325. The molecule has 5 heteroatoms. The summed E-state index contributed by atoms with van der Waals surface area (Å²) in [5.74, 6) is -0.325. The van der Waals surface area contributed by atoms with E-state index in [0.717, 1.165) is 25.9 Å². The molecule has 3 aliphatic rings. The summed E-state index contributed by atoms with van der Waals surface area (Å²) in [6.45, 7) is 1.92. The van der Waals surface area contributed by atoms with Crippen molar-refractivity contribution in [1.29, 1.82) is 0 Å². The van der Waals surface area contributed by atoms with Crippen LogP contribution < -0.4 is 5.73 Å². The number of nitrogens with two attached hydrogens (primary N) is 1. The molecule has 2 N–H and O–H groups in total. The Morgan fingerprint density at radius 1 is 1.22 bits per heavy atom. The van der Waals surface area contributed by atoms with Crippen LogP contribution in [0.1, 0.15) is 38.5 Å². The summed E-state index contributed by atoms with van der Waals surface area (Å²) in [5.41, 5.74) is 5.79. The molecule has 104 valence electrons. The van der Waals surface area contributed by atoms with Crippen molar-refractivity contribution in [2.45, 2.75) is 56.0 Å². The van der Waals surface area contributed by atoms with E-state index in [1.54, 1.807) is 0 Å². The SMILES string of the molecule is CN1OCC[C@@]1(CN)[C@H]1COC2(CCCCC2)O1. The van der Waals surface area contributed by atoms with Crippen molar-refractivity contribution in [1.82, 2.24) is 5.06 Å². The minimum Gasteiger partial charge on any atom is -0.347 e. The topological polar surface area (TPSA) is 57.0 Å². The largest absolute Gasteiger partial charge is 0.347 e. The second-order valence-electron chi connectivity index (χ2n) is 5.78. The summed E-state index contributed by atoms with van der Waals surface area (Å²) in [6, 6.07) is 0. The van der Waals surface area contributed by atoms with Crippen LogP contribution >= 0.6 is 0 Å².